The van der Waals surface area contributed by atoms with Gasteiger partial charge in [-0.15, -0.1) is 23.7 Å². The summed E-state index contributed by atoms with van der Waals surface area (Å²) in [6, 6.07) is 7.69. The number of hydrogen-bond donors (Lipinski definition) is 1. The van der Waals surface area contributed by atoms with Gasteiger partial charge in [0, 0.05) is 18.7 Å². The molecule has 24 heavy (non-hydrogen) atoms. The molecule has 1 aliphatic heterocycles. The van der Waals surface area contributed by atoms with Crippen LogP contribution in [-0.2, 0) is 0 Å². The Kier molecular flexibility index (Phi) is 5.85. The van der Waals surface area contributed by atoms with E-state index in [0.717, 1.165) is 35.8 Å². The van der Waals surface area contributed by atoms with E-state index < -0.39 is 0 Å². The lowest BCUT2D eigenvalue weighted by molar-refractivity contribution is 0.0781. The van der Waals surface area contributed by atoms with E-state index >= 15 is 0 Å². The van der Waals surface area contributed by atoms with Crippen LogP contribution in [0.2, 0.25) is 0 Å². The van der Waals surface area contributed by atoms with E-state index in [-0.39, 0.29) is 23.7 Å². The molecule has 7 heteroatoms. The van der Waals surface area contributed by atoms with Gasteiger partial charge in [0.1, 0.15) is 15.6 Å². The van der Waals surface area contributed by atoms with Gasteiger partial charge in [-0.2, -0.15) is 0 Å². The molecular formula is C17H22ClN3O2S. The number of nitrogens with zero attached hydrogens (tertiary/aromatic N) is 2. The summed E-state index contributed by atoms with van der Waals surface area (Å²) in [5.74, 6) is 0.860. The number of amides is 1. The molecule has 1 aliphatic rings. The Morgan fingerprint density at radius 3 is 2.71 bits per heavy atom. The lowest BCUT2D eigenvalue weighted by Crippen LogP contribution is -2.34. The molecular weight excluding hydrogens is 346 g/mol. The third-order valence-corrected chi connectivity index (χ3v) is 5.43. The van der Waals surface area contributed by atoms with Crippen LogP contribution in [0, 0.1) is 5.41 Å². The largest absolute Gasteiger partial charge is 0.497 e. The van der Waals surface area contributed by atoms with E-state index in [1.807, 2.05) is 29.2 Å². The van der Waals surface area contributed by atoms with Gasteiger partial charge in [-0.3, -0.25) is 4.79 Å². The summed E-state index contributed by atoms with van der Waals surface area (Å²) in [4.78, 5) is 19.6. The Morgan fingerprint density at radius 1 is 1.42 bits per heavy atom. The van der Waals surface area contributed by atoms with Gasteiger partial charge in [0.05, 0.1) is 13.3 Å². The number of thiazole rings is 1. The van der Waals surface area contributed by atoms with Crippen LogP contribution in [0.3, 0.4) is 0 Å². The molecule has 2 aromatic rings. The highest BCUT2D eigenvalue weighted by molar-refractivity contribution is 7.16. The normalized spacial score (nSPS) is 19.9. The average Bonchev–Trinajstić information content (AvgIpc) is 3.22. The molecule has 1 atom stereocenters. The smallest absolute Gasteiger partial charge is 0.265 e. The molecule has 1 unspecified atom stereocenters. The first-order valence-corrected chi connectivity index (χ1v) is 8.46. The molecule has 5 nitrogen and oxygen atoms in total. The SMILES string of the molecule is COc1ccc(-c2ncc(C(=O)N3CCC(C)(CN)C3)s2)cc1.Cl. The fourth-order valence-corrected chi connectivity index (χ4v) is 3.65. The summed E-state index contributed by atoms with van der Waals surface area (Å²) in [6.45, 7) is 4.23. The average molecular weight is 368 g/mol. The van der Waals surface area contributed by atoms with Crippen LogP contribution in [-0.4, -0.2) is 42.5 Å². The topological polar surface area (TPSA) is 68.5 Å². The second-order valence-corrected chi connectivity index (χ2v) is 7.28. The molecule has 2 N–H and O–H groups in total. The molecule has 130 valence electrons. The van der Waals surface area contributed by atoms with Gasteiger partial charge in [0.2, 0.25) is 0 Å². The zero-order chi connectivity index (χ0) is 16.4. The highest BCUT2D eigenvalue weighted by Crippen LogP contribution is 2.32. The van der Waals surface area contributed by atoms with Crippen molar-refractivity contribution in [3.8, 4) is 16.3 Å². The van der Waals surface area contributed by atoms with Gasteiger partial charge in [0.25, 0.3) is 5.91 Å². The molecule has 1 fully saturated rings. The molecule has 0 bridgehead atoms. The van der Waals surface area contributed by atoms with Crippen molar-refractivity contribution in [1.82, 2.24) is 9.88 Å². The Morgan fingerprint density at radius 2 is 2.12 bits per heavy atom. The Balaban J connectivity index is 0.00000208. The second-order valence-electron chi connectivity index (χ2n) is 6.25. The van der Waals surface area contributed by atoms with Gasteiger partial charge >= 0.3 is 0 Å². The van der Waals surface area contributed by atoms with Gasteiger partial charge in [-0.05, 0) is 42.6 Å². The monoisotopic (exact) mass is 367 g/mol. The van der Waals surface area contributed by atoms with Crippen LogP contribution in [0.5, 0.6) is 5.75 Å². The van der Waals surface area contributed by atoms with Crippen LogP contribution in [0.25, 0.3) is 10.6 Å². The fraction of sp³-hybridized carbons (Fsp3) is 0.412. The van der Waals surface area contributed by atoms with Crippen LogP contribution in [0.15, 0.2) is 30.5 Å². The van der Waals surface area contributed by atoms with E-state index in [9.17, 15) is 4.79 Å². The first kappa shape index (κ1) is 18.7. The molecule has 0 aliphatic carbocycles. The summed E-state index contributed by atoms with van der Waals surface area (Å²) in [5.41, 5.74) is 6.84. The Bertz CT molecular complexity index is 704. The number of carbonyl (C=O) groups is 1. The number of likely N-dealkylation sites (tertiary alicyclic amines) is 1. The van der Waals surface area contributed by atoms with E-state index in [2.05, 4.69) is 11.9 Å². The Labute approximate surface area is 152 Å². The van der Waals surface area contributed by atoms with Gasteiger partial charge in [-0.25, -0.2) is 4.98 Å². The molecule has 0 spiro atoms. The molecule has 1 saturated heterocycles. The predicted octanol–water partition coefficient (Wildman–Crippen LogP) is 3.05. The van der Waals surface area contributed by atoms with Crippen LogP contribution < -0.4 is 10.5 Å². The third kappa shape index (κ3) is 3.71. The fourth-order valence-electron chi connectivity index (χ4n) is 2.76. The Hall–Kier alpha value is -1.63. The molecule has 0 saturated carbocycles. The zero-order valence-electron chi connectivity index (χ0n) is 13.8. The summed E-state index contributed by atoms with van der Waals surface area (Å²) in [6.07, 6.45) is 2.63. The van der Waals surface area contributed by atoms with Crippen molar-refractivity contribution in [3.63, 3.8) is 0 Å². The van der Waals surface area contributed by atoms with Crippen molar-refractivity contribution in [2.75, 3.05) is 26.7 Å². The molecule has 0 radical (unpaired) electrons. The maximum atomic E-state index is 12.6. The molecule has 1 aromatic carbocycles. The maximum Gasteiger partial charge on any atom is 0.265 e. The van der Waals surface area contributed by atoms with Gasteiger partial charge < -0.3 is 15.4 Å². The van der Waals surface area contributed by atoms with Crippen LogP contribution in [0.1, 0.15) is 23.0 Å². The summed E-state index contributed by atoms with van der Waals surface area (Å²) >= 11 is 1.43. The minimum Gasteiger partial charge on any atom is -0.497 e. The van der Waals surface area contributed by atoms with Crippen molar-refractivity contribution < 1.29 is 9.53 Å². The highest BCUT2D eigenvalue weighted by Gasteiger charge is 2.35. The zero-order valence-corrected chi connectivity index (χ0v) is 15.5. The summed E-state index contributed by atoms with van der Waals surface area (Å²) in [7, 11) is 1.64. The van der Waals surface area contributed by atoms with E-state index in [4.69, 9.17) is 10.5 Å². The number of halogens is 1. The molecule has 3 rings (SSSR count). The minimum atomic E-state index is 0. The summed E-state index contributed by atoms with van der Waals surface area (Å²) in [5, 5.41) is 0.844. The minimum absolute atomic E-state index is 0. The van der Waals surface area contributed by atoms with Crippen molar-refractivity contribution in [3.05, 3.63) is 35.3 Å². The number of carbonyl (C=O) groups excluding carboxylic acids is 1. The van der Waals surface area contributed by atoms with Crippen molar-refractivity contribution in [2.45, 2.75) is 13.3 Å². The standard InChI is InChI=1S/C17H21N3O2S.ClH/c1-17(10-18)7-8-20(11-17)16(21)14-9-19-15(23-14)12-3-5-13(22-2)6-4-12;/h3-6,9H,7-8,10-11,18H2,1-2H3;1H. The predicted molar refractivity (Wildman–Crippen MR) is 99.0 cm³/mol. The van der Waals surface area contributed by atoms with E-state index in [1.165, 1.54) is 11.3 Å². The number of benzene rings is 1. The quantitative estimate of drug-likeness (QED) is 0.901. The van der Waals surface area contributed by atoms with Crippen LogP contribution in [0.4, 0.5) is 0 Å². The highest BCUT2D eigenvalue weighted by atomic mass is 35.5. The number of rotatable bonds is 4. The lowest BCUT2D eigenvalue weighted by atomic mass is 9.90. The number of ether oxygens (including phenoxy) is 1. The maximum absolute atomic E-state index is 12.6. The first-order valence-electron chi connectivity index (χ1n) is 7.64. The van der Waals surface area contributed by atoms with Gasteiger partial charge in [-0.1, -0.05) is 6.92 Å². The van der Waals surface area contributed by atoms with Crippen LogP contribution >= 0.6 is 23.7 Å². The van der Waals surface area contributed by atoms with E-state index in [1.54, 1.807) is 13.3 Å². The van der Waals surface area contributed by atoms with Crippen molar-refractivity contribution >= 4 is 29.7 Å². The third-order valence-electron chi connectivity index (χ3n) is 4.39. The van der Waals surface area contributed by atoms with Gasteiger partial charge in [0.15, 0.2) is 0 Å². The number of methoxy groups -OCH3 is 1. The number of hydrogen-bond acceptors (Lipinski definition) is 5. The number of aromatic nitrogens is 1. The van der Waals surface area contributed by atoms with E-state index in [0.29, 0.717) is 11.4 Å². The summed E-state index contributed by atoms with van der Waals surface area (Å²) < 4.78 is 5.16. The number of nitrogens with two attached hydrogens (primary N) is 1. The second kappa shape index (κ2) is 7.51. The molecule has 1 aromatic heterocycles. The molecule has 2 heterocycles. The molecule has 1 amide bonds. The lowest BCUT2D eigenvalue weighted by Gasteiger charge is -2.22. The van der Waals surface area contributed by atoms with Crippen molar-refractivity contribution in [2.24, 2.45) is 11.1 Å². The first-order chi connectivity index (χ1) is 11.0. The van der Waals surface area contributed by atoms with Crippen molar-refractivity contribution in [1.29, 1.82) is 0 Å².